The Hall–Kier alpha value is -3.71. The van der Waals surface area contributed by atoms with Gasteiger partial charge in [-0.15, -0.1) is 0 Å². The molecule has 31 heavy (non-hydrogen) atoms. The molecule has 1 fully saturated rings. The molecule has 2 atom stereocenters. The van der Waals surface area contributed by atoms with Gasteiger partial charge in [0.05, 0.1) is 17.4 Å². The molecule has 1 saturated heterocycles. The van der Waals surface area contributed by atoms with Gasteiger partial charge in [-0.25, -0.2) is 4.39 Å². The lowest BCUT2D eigenvalue weighted by Gasteiger charge is -2.29. The number of aromatic nitrogens is 2. The number of aromatic hydroxyl groups is 1. The van der Waals surface area contributed by atoms with Crippen LogP contribution in [0.15, 0.2) is 91.3 Å². The number of hydrogen-bond donors (Lipinski definition) is 2. The molecule has 0 unspecified atom stereocenters. The normalized spacial score (nSPS) is 18.2. The van der Waals surface area contributed by atoms with Crippen LogP contribution < -0.4 is 10.2 Å². The van der Waals surface area contributed by atoms with E-state index < -0.39 is 0 Å². The summed E-state index contributed by atoms with van der Waals surface area (Å²) in [6.07, 6.45) is 3.59. The Balaban J connectivity index is 1.68. The number of benzene rings is 2. The fourth-order valence-electron chi connectivity index (χ4n) is 4.05. The van der Waals surface area contributed by atoms with E-state index >= 15 is 0 Å². The molecule has 2 aromatic heterocycles. The van der Waals surface area contributed by atoms with Crippen LogP contribution in [0.2, 0.25) is 0 Å². The highest BCUT2D eigenvalue weighted by Gasteiger charge is 2.42. The number of anilines is 1. The van der Waals surface area contributed by atoms with Crippen molar-refractivity contribution in [2.45, 2.75) is 12.1 Å². The molecule has 0 amide bonds. The summed E-state index contributed by atoms with van der Waals surface area (Å²) in [6, 6.07) is 22.6. The zero-order valence-corrected chi connectivity index (χ0v) is 17.2. The molecule has 154 valence electrons. The van der Waals surface area contributed by atoms with E-state index in [1.54, 1.807) is 30.5 Å². The van der Waals surface area contributed by atoms with Crippen molar-refractivity contribution in [3.05, 3.63) is 108 Å². The summed E-state index contributed by atoms with van der Waals surface area (Å²) in [4.78, 5) is 6.53. The Kier molecular flexibility index (Phi) is 4.88. The highest BCUT2D eigenvalue weighted by Crippen LogP contribution is 2.42. The number of nitrogens with zero attached hydrogens (tertiary/aromatic N) is 3. The predicted molar refractivity (Wildman–Crippen MR) is 122 cm³/mol. The standard InChI is InChI=1S/C24H19FN4OS/c25-18-6-1-2-8-20(18)28-15-5-9-21(28)23-22(19-7-3-4-14-26-19)27-24(31)29(23)16-10-12-17(30)13-11-16/h1-15,22-23,30H,(H,27,31)/t22-,23+/m0/s1. The summed E-state index contributed by atoms with van der Waals surface area (Å²) >= 11 is 5.71. The average Bonchev–Trinajstić information content (AvgIpc) is 3.39. The van der Waals surface area contributed by atoms with Crippen LogP contribution in [0.25, 0.3) is 5.69 Å². The molecule has 4 aromatic rings. The van der Waals surface area contributed by atoms with E-state index in [2.05, 4.69) is 10.3 Å². The molecule has 3 heterocycles. The van der Waals surface area contributed by atoms with E-state index in [-0.39, 0.29) is 23.7 Å². The number of halogens is 1. The van der Waals surface area contributed by atoms with Crippen LogP contribution in [0.5, 0.6) is 5.75 Å². The number of hydrogen-bond acceptors (Lipinski definition) is 3. The summed E-state index contributed by atoms with van der Waals surface area (Å²) in [7, 11) is 0. The number of para-hydroxylation sites is 1. The molecule has 0 aliphatic carbocycles. The molecular formula is C24H19FN4OS. The maximum Gasteiger partial charge on any atom is 0.174 e. The largest absolute Gasteiger partial charge is 0.508 e. The van der Waals surface area contributed by atoms with Crippen LogP contribution in [0, 0.1) is 5.82 Å². The number of nitrogens with one attached hydrogen (secondary N) is 1. The Bertz CT molecular complexity index is 1230. The van der Waals surface area contributed by atoms with Crippen LogP contribution in [0.1, 0.15) is 23.5 Å². The third-order valence-electron chi connectivity index (χ3n) is 5.42. The Morgan fingerprint density at radius 3 is 2.45 bits per heavy atom. The van der Waals surface area contributed by atoms with Crippen molar-refractivity contribution in [2.75, 3.05) is 4.90 Å². The summed E-state index contributed by atoms with van der Waals surface area (Å²) in [5, 5.41) is 13.7. The van der Waals surface area contributed by atoms with E-state index in [0.717, 1.165) is 17.1 Å². The molecule has 5 nitrogen and oxygen atoms in total. The highest BCUT2D eigenvalue weighted by atomic mass is 32.1. The average molecular weight is 431 g/mol. The van der Waals surface area contributed by atoms with Gasteiger partial charge in [0.2, 0.25) is 0 Å². The Morgan fingerprint density at radius 1 is 0.935 bits per heavy atom. The maximum atomic E-state index is 14.7. The van der Waals surface area contributed by atoms with Crippen LogP contribution >= 0.6 is 12.2 Å². The quantitative estimate of drug-likeness (QED) is 0.452. The second kappa shape index (κ2) is 7.85. The van der Waals surface area contributed by atoms with Gasteiger partial charge in [0.25, 0.3) is 0 Å². The molecule has 0 spiro atoms. The SMILES string of the molecule is Oc1ccc(N2C(=S)N[C@@H](c3ccccn3)[C@H]2c2cccn2-c2ccccc2F)cc1. The van der Waals surface area contributed by atoms with Gasteiger partial charge >= 0.3 is 0 Å². The van der Waals surface area contributed by atoms with Crippen molar-refractivity contribution in [1.29, 1.82) is 0 Å². The Labute approximate surface area is 184 Å². The topological polar surface area (TPSA) is 53.3 Å². The van der Waals surface area contributed by atoms with Crippen LogP contribution in [-0.2, 0) is 0 Å². The fraction of sp³-hybridized carbons (Fsp3) is 0.0833. The minimum Gasteiger partial charge on any atom is -0.508 e. The van der Waals surface area contributed by atoms with E-state index in [1.165, 1.54) is 6.07 Å². The van der Waals surface area contributed by atoms with Crippen molar-refractivity contribution in [2.24, 2.45) is 0 Å². The lowest BCUT2D eigenvalue weighted by molar-refractivity contribution is 0.475. The van der Waals surface area contributed by atoms with Gasteiger partial charge in [-0.05, 0) is 72.9 Å². The van der Waals surface area contributed by atoms with Crippen LogP contribution in [0.4, 0.5) is 10.1 Å². The van der Waals surface area contributed by atoms with Gasteiger partial charge in [0, 0.05) is 23.8 Å². The summed E-state index contributed by atoms with van der Waals surface area (Å²) in [5.41, 5.74) is 2.98. The summed E-state index contributed by atoms with van der Waals surface area (Å²) in [6.45, 7) is 0. The highest BCUT2D eigenvalue weighted by molar-refractivity contribution is 7.80. The lowest BCUT2D eigenvalue weighted by Crippen LogP contribution is -2.30. The third kappa shape index (κ3) is 3.43. The zero-order chi connectivity index (χ0) is 21.4. The summed E-state index contributed by atoms with van der Waals surface area (Å²) < 4.78 is 16.5. The number of phenols is 1. The molecule has 0 saturated carbocycles. The van der Waals surface area contributed by atoms with Gasteiger partial charge in [-0.3, -0.25) is 4.98 Å². The second-order valence-corrected chi connectivity index (χ2v) is 7.65. The fourth-order valence-corrected chi connectivity index (χ4v) is 4.39. The molecular weight excluding hydrogens is 411 g/mol. The number of rotatable bonds is 4. The number of pyridine rings is 1. The molecule has 7 heteroatoms. The maximum absolute atomic E-state index is 14.7. The molecule has 1 aliphatic heterocycles. The first-order chi connectivity index (χ1) is 15.1. The molecule has 0 bridgehead atoms. The first kappa shape index (κ1) is 19.3. The second-order valence-electron chi connectivity index (χ2n) is 7.27. The van der Waals surface area contributed by atoms with E-state index in [1.807, 2.05) is 64.2 Å². The van der Waals surface area contributed by atoms with E-state index in [9.17, 15) is 9.50 Å². The molecule has 5 rings (SSSR count). The minimum atomic E-state index is -0.306. The van der Waals surface area contributed by atoms with Crippen LogP contribution in [0.3, 0.4) is 0 Å². The first-order valence-electron chi connectivity index (χ1n) is 9.85. The van der Waals surface area contributed by atoms with Crippen molar-refractivity contribution in [3.8, 4) is 11.4 Å². The first-order valence-corrected chi connectivity index (χ1v) is 10.3. The number of thiocarbonyl (C=S) groups is 1. The minimum absolute atomic E-state index is 0.175. The predicted octanol–water partition coefficient (Wildman–Crippen LogP) is 4.89. The summed E-state index contributed by atoms with van der Waals surface area (Å²) in [5.74, 6) is -0.131. The molecule has 2 N–H and O–H groups in total. The van der Waals surface area contributed by atoms with Gasteiger partial charge in [0.15, 0.2) is 5.11 Å². The van der Waals surface area contributed by atoms with Gasteiger partial charge < -0.3 is 19.9 Å². The lowest BCUT2D eigenvalue weighted by atomic mass is 10.0. The Morgan fingerprint density at radius 2 is 1.71 bits per heavy atom. The van der Waals surface area contributed by atoms with E-state index in [0.29, 0.717) is 10.8 Å². The molecule has 0 radical (unpaired) electrons. The monoisotopic (exact) mass is 430 g/mol. The van der Waals surface area contributed by atoms with E-state index in [4.69, 9.17) is 12.2 Å². The van der Waals surface area contributed by atoms with Crippen molar-refractivity contribution >= 4 is 23.0 Å². The zero-order valence-electron chi connectivity index (χ0n) is 16.4. The number of phenolic OH excluding ortho intramolecular Hbond substituents is 1. The van der Waals surface area contributed by atoms with Crippen molar-refractivity contribution < 1.29 is 9.50 Å². The van der Waals surface area contributed by atoms with Crippen molar-refractivity contribution in [1.82, 2.24) is 14.9 Å². The van der Waals surface area contributed by atoms with Gasteiger partial charge in [0.1, 0.15) is 17.6 Å². The third-order valence-corrected chi connectivity index (χ3v) is 5.74. The smallest absolute Gasteiger partial charge is 0.174 e. The van der Waals surface area contributed by atoms with Gasteiger partial charge in [-0.2, -0.15) is 0 Å². The molecule has 2 aromatic carbocycles. The van der Waals surface area contributed by atoms with Crippen molar-refractivity contribution in [3.63, 3.8) is 0 Å². The van der Waals surface area contributed by atoms with Gasteiger partial charge in [-0.1, -0.05) is 18.2 Å². The molecule has 1 aliphatic rings. The van der Waals surface area contributed by atoms with Crippen LogP contribution in [-0.4, -0.2) is 19.8 Å².